The number of rotatable bonds is 6. The van der Waals surface area contributed by atoms with E-state index >= 15 is 0 Å². The van der Waals surface area contributed by atoms with E-state index in [0.717, 1.165) is 25.4 Å². The molecule has 1 saturated carbocycles. The van der Waals surface area contributed by atoms with Gasteiger partial charge >= 0.3 is 0 Å². The van der Waals surface area contributed by atoms with Crippen LogP contribution in [0.4, 0.5) is 0 Å². The molecule has 1 heteroatoms. The van der Waals surface area contributed by atoms with Crippen LogP contribution in [0.1, 0.15) is 56.6 Å². The van der Waals surface area contributed by atoms with Crippen molar-refractivity contribution in [1.82, 2.24) is 5.32 Å². The van der Waals surface area contributed by atoms with E-state index in [0.29, 0.717) is 0 Å². The lowest BCUT2D eigenvalue weighted by Gasteiger charge is -2.25. The predicted octanol–water partition coefficient (Wildman–Crippen LogP) is 4.36. The molecule has 18 heavy (non-hydrogen) atoms. The van der Waals surface area contributed by atoms with Gasteiger partial charge in [-0.2, -0.15) is 0 Å². The first-order chi connectivity index (χ1) is 8.81. The largest absolute Gasteiger partial charge is 0.317 e. The third kappa shape index (κ3) is 3.46. The van der Waals surface area contributed by atoms with Crippen molar-refractivity contribution in [2.45, 2.75) is 45.4 Å². The third-order valence-electron chi connectivity index (χ3n) is 3.96. The highest BCUT2D eigenvalue weighted by Crippen LogP contribution is 2.36. The molecule has 1 aliphatic rings. The van der Waals surface area contributed by atoms with E-state index < -0.39 is 0 Å². The molecule has 98 valence electrons. The van der Waals surface area contributed by atoms with Crippen LogP contribution in [0, 0.1) is 0 Å². The molecule has 0 radical (unpaired) electrons. The highest BCUT2D eigenvalue weighted by molar-refractivity contribution is 5.63. The molecule has 0 saturated heterocycles. The van der Waals surface area contributed by atoms with Crippen molar-refractivity contribution >= 4 is 5.57 Å². The first kappa shape index (κ1) is 13.4. The molecule has 1 nitrogen and oxygen atoms in total. The van der Waals surface area contributed by atoms with E-state index in [1.54, 1.807) is 0 Å². The topological polar surface area (TPSA) is 12.0 Å². The maximum absolute atomic E-state index is 3.35. The van der Waals surface area contributed by atoms with Gasteiger partial charge in [-0.25, -0.2) is 0 Å². The van der Waals surface area contributed by atoms with Gasteiger partial charge in [0.1, 0.15) is 0 Å². The van der Waals surface area contributed by atoms with E-state index in [1.807, 2.05) is 0 Å². The summed E-state index contributed by atoms with van der Waals surface area (Å²) in [5.74, 6) is 0.845. The second-order valence-corrected chi connectivity index (χ2v) is 5.28. The van der Waals surface area contributed by atoms with Gasteiger partial charge in [-0.05, 0) is 61.9 Å². The molecule has 0 aliphatic heterocycles. The maximum atomic E-state index is 3.35. The van der Waals surface area contributed by atoms with E-state index in [2.05, 4.69) is 49.5 Å². The summed E-state index contributed by atoms with van der Waals surface area (Å²) in [4.78, 5) is 0. The van der Waals surface area contributed by atoms with Gasteiger partial charge < -0.3 is 5.32 Å². The molecular formula is C17H25N. The molecule has 1 aromatic carbocycles. The molecule has 0 unspecified atom stereocenters. The number of hydrogen-bond donors (Lipinski definition) is 1. The molecule has 0 atom stereocenters. The fourth-order valence-corrected chi connectivity index (χ4v) is 2.45. The van der Waals surface area contributed by atoms with E-state index in [4.69, 9.17) is 0 Å². The summed E-state index contributed by atoms with van der Waals surface area (Å²) >= 11 is 0. The van der Waals surface area contributed by atoms with Crippen molar-refractivity contribution in [2.24, 2.45) is 0 Å². The molecule has 0 bridgehead atoms. The summed E-state index contributed by atoms with van der Waals surface area (Å²) in [7, 11) is 0. The van der Waals surface area contributed by atoms with Crippen LogP contribution < -0.4 is 5.32 Å². The van der Waals surface area contributed by atoms with Crippen LogP contribution in [0.5, 0.6) is 0 Å². The van der Waals surface area contributed by atoms with Gasteiger partial charge in [0.15, 0.2) is 0 Å². The Morgan fingerprint density at radius 1 is 1.28 bits per heavy atom. The monoisotopic (exact) mass is 243 g/mol. The van der Waals surface area contributed by atoms with Gasteiger partial charge in [0, 0.05) is 0 Å². The van der Waals surface area contributed by atoms with Crippen LogP contribution in [0.3, 0.4) is 0 Å². The number of allylic oxidation sites excluding steroid dienone is 1. The average Bonchev–Trinajstić information content (AvgIpc) is 2.33. The summed E-state index contributed by atoms with van der Waals surface area (Å²) in [5.41, 5.74) is 4.30. The summed E-state index contributed by atoms with van der Waals surface area (Å²) in [5, 5.41) is 3.35. The van der Waals surface area contributed by atoms with Crippen molar-refractivity contribution in [3.63, 3.8) is 0 Å². The Labute approximate surface area is 111 Å². The lowest BCUT2D eigenvalue weighted by Crippen LogP contribution is -2.13. The zero-order chi connectivity index (χ0) is 12.8. The molecular weight excluding hydrogens is 218 g/mol. The molecule has 0 spiro atoms. The van der Waals surface area contributed by atoms with Crippen LogP contribution in [0.2, 0.25) is 0 Å². The minimum absolute atomic E-state index is 0.845. The van der Waals surface area contributed by atoms with E-state index in [1.165, 1.54) is 36.0 Å². The van der Waals surface area contributed by atoms with Crippen LogP contribution in [0.15, 0.2) is 30.3 Å². The molecule has 1 aliphatic carbocycles. The molecule has 2 rings (SSSR count). The van der Waals surface area contributed by atoms with Gasteiger partial charge in [0.2, 0.25) is 0 Å². The van der Waals surface area contributed by atoms with E-state index in [9.17, 15) is 0 Å². The second-order valence-electron chi connectivity index (χ2n) is 5.28. The molecule has 0 amide bonds. The summed E-state index contributed by atoms with van der Waals surface area (Å²) in [6.45, 7) is 6.50. The Morgan fingerprint density at radius 2 is 2.00 bits per heavy atom. The minimum Gasteiger partial charge on any atom is -0.317 e. The predicted molar refractivity (Wildman–Crippen MR) is 79.8 cm³/mol. The minimum atomic E-state index is 0.845. The first-order valence-corrected chi connectivity index (χ1v) is 7.29. The Bertz CT molecular complexity index is 385. The molecule has 0 aromatic heterocycles. The smallest absolute Gasteiger partial charge is 0.00142 e. The zero-order valence-electron chi connectivity index (χ0n) is 11.7. The van der Waals surface area contributed by atoms with Crippen LogP contribution >= 0.6 is 0 Å². The Kier molecular flexibility index (Phi) is 5.00. The number of nitrogens with one attached hydrogen (secondary N) is 1. The van der Waals surface area contributed by atoms with Crippen LogP contribution in [0.25, 0.3) is 5.57 Å². The normalized spacial score (nSPS) is 16.7. The number of benzene rings is 1. The molecule has 0 heterocycles. The van der Waals surface area contributed by atoms with Gasteiger partial charge in [-0.3, -0.25) is 0 Å². The van der Waals surface area contributed by atoms with Gasteiger partial charge in [0.05, 0.1) is 0 Å². The standard InChI is InChI=1S/C17H25N/c1-3-18-13-5-6-14(2)15-9-11-17(12-10-15)16-7-4-8-16/h6,9-12,16,18H,3-5,7-8,13H2,1-2H3/b14-6-. The Hall–Kier alpha value is -1.08. The highest BCUT2D eigenvalue weighted by atomic mass is 14.8. The van der Waals surface area contributed by atoms with Crippen LogP contribution in [-0.2, 0) is 0 Å². The summed E-state index contributed by atoms with van der Waals surface area (Å²) in [6, 6.07) is 9.21. The quantitative estimate of drug-likeness (QED) is 0.732. The summed E-state index contributed by atoms with van der Waals surface area (Å²) < 4.78 is 0. The lowest BCUT2D eigenvalue weighted by molar-refractivity contribution is 0.420. The number of hydrogen-bond acceptors (Lipinski definition) is 1. The Balaban J connectivity index is 1.91. The Morgan fingerprint density at radius 3 is 2.56 bits per heavy atom. The first-order valence-electron chi connectivity index (χ1n) is 7.29. The SMILES string of the molecule is CCNCC/C=C(/C)c1ccc(C2CCC2)cc1. The van der Waals surface area contributed by atoms with Gasteiger partial charge in [-0.1, -0.05) is 43.7 Å². The molecule has 1 aromatic rings. The fourth-order valence-electron chi connectivity index (χ4n) is 2.45. The zero-order valence-corrected chi connectivity index (χ0v) is 11.7. The fraction of sp³-hybridized carbons (Fsp3) is 0.529. The maximum Gasteiger partial charge on any atom is -0.00142 e. The van der Waals surface area contributed by atoms with Gasteiger partial charge in [-0.15, -0.1) is 0 Å². The summed E-state index contributed by atoms with van der Waals surface area (Å²) in [6.07, 6.45) is 7.63. The molecule has 1 N–H and O–H groups in total. The third-order valence-corrected chi connectivity index (χ3v) is 3.96. The highest BCUT2D eigenvalue weighted by Gasteiger charge is 2.18. The van der Waals surface area contributed by atoms with Gasteiger partial charge in [0.25, 0.3) is 0 Å². The molecule has 1 fully saturated rings. The van der Waals surface area contributed by atoms with Crippen molar-refractivity contribution in [2.75, 3.05) is 13.1 Å². The van der Waals surface area contributed by atoms with Crippen molar-refractivity contribution in [3.8, 4) is 0 Å². The van der Waals surface area contributed by atoms with Crippen molar-refractivity contribution in [1.29, 1.82) is 0 Å². The van der Waals surface area contributed by atoms with Crippen molar-refractivity contribution in [3.05, 3.63) is 41.5 Å². The van der Waals surface area contributed by atoms with E-state index in [-0.39, 0.29) is 0 Å². The van der Waals surface area contributed by atoms with Crippen LogP contribution in [-0.4, -0.2) is 13.1 Å². The average molecular weight is 243 g/mol. The second kappa shape index (κ2) is 6.75. The van der Waals surface area contributed by atoms with Crippen molar-refractivity contribution < 1.29 is 0 Å². The lowest BCUT2D eigenvalue weighted by atomic mass is 9.80.